The first-order valence-corrected chi connectivity index (χ1v) is 11.3. The number of nitrogens with zero attached hydrogens (tertiary/aromatic N) is 1. The van der Waals surface area contributed by atoms with Crippen LogP contribution in [0.1, 0.15) is 47.4 Å². The number of aryl methyl sites for hydroxylation is 1. The predicted octanol–water partition coefficient (Wildman–Crippen LogP) is 6.24. The van der Waals surface area contributed by atoms with Crippen LogP contribution in [0.5, 0.6) is 0 Å². The van der Waals surface area contributed by atoms with E-state index in [-0.39, 0.29) is 0 Å². The summed E-state index contributed by atoms with van der Waals surface area (Å²) in [5, 5.41) is 0. The van der Waals surface area contributed by atoms with Gasteiger partial charge in [0.05, 0.1) is 0 Å². The van der Waals surface area contributed by atoms with Gasteiger partial charge in [-0.2, -0.15) is 0 Å². The van der Waals surface area contributed by atoms with Crippen LogP contribution in [-0.2, 0) is 19.4 Å². The number of likely N-dealkylation sites (tertiary alicyclic amines) is 1. The lowest BCUT2D eigenvalue weighted by Crippen LogP contribution is -2.38. The highest BCUT2D eigenvalue weighted by molar-refractivity contribution is 5.34. The standard InChI is InChI=1S/C28H31N/c1-3-9-22(10-4-1)19-26-18-17-25-16-15-24-13-7-8-14-27(24)28(25)21-29(26)20-23-11-5-2-6-12-23/h1-14,25-26,28H,15-21H2. The molecule has 3 aromatic rings. The molecule has 1 fully saturated rings. The molecule has 148 valence electrons. The van der Waals surface area contributed by atoms with Crippen LogP contribution in [0.3, 0.4) is 0 Å². The normalized spacial score (nSPS) is 24.3. The molecule has 0 saturated carbocycles. The van der Waals surface area contributed by atoms with E-state index in [2.05, 4.69) is 89.8 Å². The Morgan fingerprint density at radius 1 is 0.690 bits per heavy atom. The number of rotatable bonds is 4. The Labute approximate surface area is 175 Å². The van der Waals surface area contributed by atoms with Crippen molar-refractivity contribution in [3.63, 3.8) is 0 Å². The van der Waals surface area contributed by atoms with Crippen LogP contribution in [0.2, 0.25) is 0 Å². The minimum atomic E-state index is 0.621. The molecular formula is C28H31N. The topological polar surface area (TPSA) is 3.24 Å². The zero-order chi connectivity index (χ0) is 19.5. The van der Waals surface area contributed by atoms with Crippen molar-refractivity contribution >= 4 is 0 Å². The van der Waals surface area contributed by atoms with Gasteiger partial charge in [-0.15, -0.1) is 0 Å². The molecule has 1 aliphatic heterocycles. The van der Waals surface area contributed by atoms with Crippen molar-refractivity contribution < 1.29 is 0 Å². The Kier molecular flexibility index (Phi) is 5.49. The highest BCUT2D eigenvalue weighted by Crippen LogP contribution is 2.42. The first kappa shape index (κ1) is 18.6. The second kappa shape index (κ2) is 8.55. The molecule has 0 N–H and O–H groups in total. The largest absolute Gasteiger partial charge is 0.295 e. The average molecular weight is 382 g/mol. The Morgan fingerprint density at radius 3 is 2.17 bits per heavy atom. The molecule has 1 heteroatoms. The van der Waals surface area contributed by atoms with E-state index >= 15 is 0 Å². The second-order valence-corrected chi connectivity index (χ2v) is 8.94. The third-order valence-corrected chi connectivity index (χ3v) is 7.17. The van der Waals surface area contributed by atoms with Crippen LogP contribution >= 0.6 is 0 Å². The van der Waals surface area contributed by atoms with E-state index in [1.54, 1.807) is 11.1 Å². The molecule has 1 aliphatic carbocycles. The van der Waals surface area contributed by atoms with Crippen molar-refractivity contribution in [3.8, 4) is 0 Å². The van der Waals surface area contributed by atoms with Gasteiger partial charge in [0.25, 0.3) is 0 Å². The molecule has 1 heterocycles. The van der Waals surface area contributed by atoms with E-state index in [0.29, 0.717) is 12.0 Å². The summed E-state index contributed by atoms with van der Waals surface area (Å²) in [6.07, 6.45) is 6.46. The van der Waals surface area contributed by atoms with Gasteiger partial charge in [0.2, 0.25) is 0 Å². The Hall–Kier alpha value is -2.38. The molecule has 0 bridgehead atoms. The van der Waals surface area contributed by atoms with Crippen molar-refractivity contribution in [2.75, 3.05) is 6.54 Å². The number of hydrogen-bond donors (Lipinski definition) is 0. The van der Waals surface area contributed by atoms with Crippen LogP contribution in [-0.4, -0.2) is 17.5 Å². The van der Waals surface area contributed by atoms with Gasteiger partial charge in [0.15, 0.2) is 0 Å². The average Bonchev–Trinajstić information content (AvgIpc) is 2.95. The summed E-state index contributed by atoms with van der Waals surface area (Å²) < 4.78 is 0. The van der Waals surface area contributed by atoms with Gasteiger partial charge in [-0.05, 0) is 66.2 Å². The zero-order valence-corrected chi connectivity index (χ0v) is 17.2. The van der Waals surface area contributed by atoms with E-state index < -0.39 is 0 Å². The molecule has 1 saturated heterocycles. The highest BCUT2D eigenvalue weighted by atomic mass is 15.2. The molecule has 3 unspecified atom stereocenters. The maximum atomic E-state index is 2.80. The van der Waals surface area contributed by atoms with Crippen LogP contribution in [0.4, 0.5) is 0 Å². The van der Waals surface area contributed by atoms with Gasteiger partial charge in [0, 0.05) is 19.1 Å². The van der Waals surface area contributed by atoms with E-state index in [1.165, 1.54) is 43.4 Å². The lowest BCUT2D eigenvalue weighted by Gasteiger charge is -2.36. The monoisotopic (exact) mass is 381 g/mol. The summed E-state index contributed by atoms with van der Waals surface area (Å²) in [4.78, 5) is 2.80. The molecular weight excluding hydrogens is 350 g/mol. The molecule has 0 amide bonds. The number of fused-ring (bicyclic) bond motifs is 3. The van der Waals surface area contributed by atoms with Crippen LogP contribution in [0.15, 0.2) is 84.9 Å². The fourth-order valence-corrected chi connectivity index (χ4v) is 5.63. The van der Waals surface area contributed by atoms with Crippen molar-refractivity contribution in [2.45, 2.75) is 50.6 Å². The summed E-state index contributed by atoms with van der Waals surface area (Å²) in [5.41, 5.74) is 6.13. The van der Waals surface area contributed by atoms with Crippen LogP contribution < -0.4 is 0 Å². The fourth-order valence-electron chi connectivity index (χ4n) is 5.63. The lowest BCUT2D eigenvalue weighted by atomic mass is 9.73. The van der Waals surface area contributed by atoms with Gasteiger partial charge in [-0.1, -0.05) is 84.9 Å². The quantitative estimate of drug-likeness (QED) is 0.517. The minimum Gasteiger partial charge on any atom is -0.295 e. The number of hydrogen-bond acceptors (Lipinski definition) is 1. The van der Waals surface area contributed by atoms with Crippen molar-refractivity contribution in [1.82, 2.24) is 4.90 Å². The third-order valence-electron chi connectivity index (χ3n) is 7.17. The summed E-state index contributed by atoms with van der Waals surface area (Å²) in [6, 6.07) is 32.0. The third kappa shape index (κ3) is 4.16. The SMILES string of the molecule is c1ccc(CC2CCC3CCc4ccccc4C3CN2Cc2ccccc2)cc1. The first-order chi connectivity index (χ1) is 14.4. The summed E-state index contributed by atoms with van der Waals surface area (Å²) >= 11 is 0. The van der Waals surface area contributed by atoms with E-state index in [9.17, 15) is 0 Å². The zero-order valence-electron chi connectivity index (χ0n) is 17.2. The van der Waals surface area contributed by atoms with Gasteiger partial charge in [-0.3, -0.25) is 4.90 Å². The minimum absolute atomic E-state index is 0.621. The highest BCUT2D eigenvalue weighted by Gasteiger charge is 2.36. The molecule has 0 radical (unpaired) electrons. The van der Waals surface area contributed by atoms with Crippen molar-refractivity contribution in [2.24, 2.45) is 5.92 Å². The van der Waals surface area contributed by atoms with Gasteiger partial charge in [-0.25, -0.2) is 0 Å². The van der Waals surface area contributed by atoms with Crippen LogP contribution in [0, 0.1) is 5.92 Å². The summed E-state index contributed by atoms with van der Waals surface area (Å²) in [6.45, 7) is 2.25. The van der Waals surface area contributed by atoms with E-state index in [1.807, 2.05) is 0 Å². The van der Waals surface area contributed by atoms with Crippen LogP contribution in [0.25, 0.3) is 0 Å². The molecule has 0 spiro atoms. The molecule has 2 aliphatic rings. The van der Waals surface area contributed by atoms with E-state index in [0.717, 1.165) is 18.9 Å². The molecule has 29 heavy (non-hydrogen) atoms. The maximum Gasteiger partial charge on any atom is 0.0237 e. The Balaban J connectivity index is 1.45. The van der Waals surface area contributed by atoms with Gasteiger partial charge >= 0.3 is 0 Å². The fraction of sp³-hybridized carbons (Fsp3) is 0.357. The summed E-state index contributed by atoms with van der Waals surface area (Å²) in [5.74, 6) is 1.52. The van der Waals surface area contributed by atoms with Gasteiger partial charge in [0.1, 0.15) is 0 Å². The Morgan fingerprint density at radius 2 is 1.38 bits per heavy atom. The number of benzene rings is 3. The maximum absolute atomic E-state index is 2.80. The smallest absolute Gasteiger partial charge is 0.0237 e. The first-order valence-electron chi connectivity index (χ1n) is 11.3. The summed E-state index contributed by atoms with van der Waals surface area (Å²) in [7, 11) is 0. The van der Waals surface area contributed by atoms with Crippen molar-refractivity contribution in [3.05, 3.63) is 107 Å². The van der Waals surface area contributed by atoms with Gasteiger partial charge < -0.3 is 0 Å². The molecule has 3 atom stereocenters. The van der Waals surface area contributed by atoms with E-state index in [4.69, 9.17) is 0 Å². The molecule has 3 aromatic carbocycles. The lowest BCUT2D eigenvalue weighted by molar-refractivity contribution is 0.178. The Bertz CT molecular complexity index is 917. The molecule has 5 rings (SSSR count). The predicted molar refractivity (Wildman–Crippen MR) is 121 cm³/mol. The van der Waals surface area contributed by atoms with Crippen molar-refractivity contribution in [1.29, 1.82) is 0 Å². The molecule has 1 nitrogen and oxygen atoms in total. The second-order valence-electron chi connectivity index (χ2n) is 8.94. The molecule has 0 aromatic heterocycles.